The summed E-state index contributed by atoms with van der Waals surface area (Å²) in [6.07, 6.45) is 3.88. The molecule has 0 spiro atoms. The molecule has 0 aromatic carbocycles. The standard InChI is InChI=1S/C14H30O2/c1-7-14(8-2,9-3)13(11-15-6)12(5)16-10-4/h12-13H,7-11H2,1-6H3. The van der Waals surface area contributed by atoms with Crippen LogP contribution < -0.4 is 0 Å². The highest BCUT2D eigenvalue weighted by Gasteiger charge is 2.37. The fraction of sp³-hybridized carbons (Fsp3) is 1.00. The maximum Gasteiger partial charge on any atom is 0.0602 e. The molecule has 2 atom stereocenters. The topological polar surface area (TPSA) is 18.5 Å². The molecule has 0 aliphatic carbocycles. The van der Waals surface area contributed by atoms with E-state index in [9.17, 15) is 0 Å². The average molecular weight is 230 g/mol. The fourth-order valence-corrected chi connectivity index (χ4v) is 2.91. The molecule has 0 aromatic rings. The monoisotopic (exact) mass is 230 g/mol. The van der Waals surface area contributed by atoms with Crippen molar-refractivity contribution >= 4 is 0 Å². The van der Waals surface area contributed by atoms with Crippen molar-refractivity contribution in [3.05, 3.63) is 0 Å². The first kappa shape index (κ1) is 15.9. The number of hydrogen-bond acceptors (Lipinski definition) is 2. The van der Waals surface area contributed by atoms with Gasteiger partial charge >= 0.3 is 0 Å². The van der Waals surface area contributed by atoms with Gasteiger partial charge in [0.1, 0.15) is 0 Å². The highest BCUT2D eigenvalue weighted by atomic mass is 16.5. The van der Waals surface area contributed by atoms with Crippen molar-refractivity contribution < 1.29 is 9.47 Å². The summed E-state index contributed by atoms with van der Waals surface area (Å²) in [4.78, 5) is 0. The molecule has 2 nitrogen and oxygen atoms in total. The van der Waals surface area contributed by atoms with Crippen LogP contribution in [0.25, 0.3) is 0 Å². The number of hydrogen-bond donors (Lipinski definition) is 0. The van der Waals surface area contributed by atoms with Gasteiger partial charge in [-0.2, -0.15) is 0 Å². The van der Waals surface area contributed by atoms with E-state index in [-0.39, 0.29) is 6.10 Å². The van der Waals surface area contributed by atoms with Crippen LogP contribution in [0.5, 0.6) is 0 Å². The van der Waals surface area contributed by atoms with Crippen molar-refractivity contribution in [2.75, 3.05) is 20.3 Å². The Bertz CT molecular complexity index is 156. The molecule has 0 heterocycles. The van der Waals surface area contributed by atoms with E-state index in [4.69, 9.17) is 9.47 Å². The van der Waals surface area contributed by atoms with Gasteiger partial charge in [0, 0.05) is 19.6 Å². The predicted molar refractivity (Wildman–Crippen MR) is 69.8 cm³/mol. The lowest BCUT2D eigenvalue weighted by atomic mass is 9.67. The lowest BCUT2D eigenvalue weighted by Gasteiger charge is -2.41. The predicted octanol–water partition coefficient (Wildman–Crippen LogP) is 3.89. The molecule has 0 radical (unpaired) electrons. The molecular weight excluding hydrogens is 200 g/mol. The first-order chi connectivity index (χ1) is 7.61. The summed E-state index contributed by atoms with van der Waals surface area (Å²) in [5, 5.41) is 0. The summed E-state index contributed by atoms with van der Waals surface area (Å²) >= 11 is 0. The van der Waals surface area contributed by atoms with E-state index in [2.05, 4.69) is 34.6 Å². The summed E-state index contributed by atoms with van der Waals surface area (Å²) in [5.41, 5.74) is 0.366. The smallest absolute Gasteiger partial charge is 0.0602 e. The quantitative estimate of drug-likeness (QED) is 0.598. The van der Waals surface area contributed by atoms with Crippen LogP contribution in [0.3, 0.4) is 0 Å². The van der Waals surface area contributed by atoms with Crippen LogP contribution in [-0.4, -0.2) is 26.4 Å². The molecule has 2 unspecified atom stereocenters. The van der Waals surface area contributed by atoms with Crippen molar-refractivity contribution in [3.63, 3.8) is 0 Å². The maximum absolute atomic E-state index is 5.79. The van der Waals surface area contributed by atoms with Crippen molar-refractivity contribution in [1.82, 2.24) is 0 Å². The van der Waals surface area contributed by atoms with E-state index in [1.165, 1.54) is 19.3 Å². The highest BCUT2D eigenvalue weighted by Crippen LogP contribution is 2.41. The van der Waals surface area contributed by atoms with Gasteiger partial charge in [-0.1, -0.05) is 40.0 Å². The molecule has 0 saturated carbocycles. The Balaban J connectivity index is 4.82. The maximum atomic E-state index is 5.79. The molecule has 0 aliphatic heterocycles. The van der Waals surface area contributed by atoms with Crippen molar-refractivity contribution in [1.29, 1.82) is 0 Å². The van der Waals surface area contributed by atoms with Gasteiger partial charge in [0.2, 0.25) is 0 Å². The Kier molecular flexibility index (Phi) is 8.04. The molecule has 0 saturated heterocycles. The van der Waals surface area contributed by atoms with Crippen LogP contribution in [0.2, 0.25) is 0 Å². The molecule has 0 fully saturated rings. The van der Waals surface area contributed by atoms with Gasteiger partial charge in [-0.25, -0.2) is 0 Å². The summed E-state index contributed by atoms with van der Waals surface area (Å²) in [6, 6.07) is 0. The molecule has 0 amide bonds. The summed E-state index contributed by atoms with van der Waals surface area (Å²) in [5.74, 6) is 0.498. The molecule has 0 bridgehead atoms. The summed E-state index contributed by atoms with van der Waals surface area (Å²) in [6.45, 7) is 12.7. The van der Waals surface area contributed by atoms with E-state index < -0.39 is 0 Å². The van der Waals surface area contributed by atoms with Crippen LogP contribution in [0.15, 0.2) is 0 Å². The average Bonchev–Trinajstić information content (AvgIpc) is 2.31. The molecule has 0 aliphatic rings. The lowest BCUT2D eigenvalue weighted by Crippen LogP contribution is -2.40. The Morgan fingerprint density at radius 1 is 1.00 bits per heavy atom. The minimum atomic E-state index is 0.282. The van der Waals surface area contributed by atoms with Crippen LogP contribution >= 0.6 is 0 Å². The van der Waals surface area contributed by atoms with Crippen LogP contribution in [-0.2, 0) is 9.47 Å². The first-order valence-electron chi connectivity index (χ1n) is 6.72. The van der Waals surface area contributed by atoms with E-state index in [0.717, 1.165) is 13.2 Å². The lowest BCUT2D eigenvalue weighted by molar-refractivity contribution is -0.0615. The number of methoxy groups -OCH3 is 1. The molecule has 98 valence electrons. The normalized spacial score (nSPS) is 16.1. The van der Waals surface area contributed by atoms with Crippen molar-refractivity contribution in [2.45, 2.75) is 60.0 Å². The van der Waals surface area contributed by atoms with E-state index in [1.807, 2.05) is 0 Å². The Labute approximate surface area is 102 Å². The molecule has 0 aromatic heterocycles. The minimum Gasteiger partial charge on any atom is -0.384 e. The van der Waals surface area contributed by atoms with Gasteiger partial charge in [-0.3, -0.25) is 0 Å². The Morgan fingerprint density at radius 2 is 1.50 bits per heavy atom. The molecule has 0 rings (SSSR count). The number of ether oxygens (including phenoxy) is 2. The number of rotatable bonds is 9. The zero-order chi connectivity index (χ0) is 12.6. The molecule has 2 heteroatoms. The van der Waals surface area contributed by atoms with E-state index in [1.54, 1.807) is 7.11 Å². The van der Waals surface area contributed by atoms with Gasteiger partial charge < -0.3 is 9.47 Å². The zero-order valence-electron chi connectivity index (χ0n) is 12.0. The van der Waals surface area contributed by atoms with Crippen molar-refractivity contribution in [2.24, 2.45) is 11.3 Å². The molecule has 0 N–H and O–H groups in total. The van der Waals surface area contributed by atoms with Gasteiger partial charge in [0.15, 0.2) is 0 Å². The van der Waals surface area contributed by atoms with E-state index >= 15 is 0 Å². The van der Waals surface area contributed by atoms with Gasteiger partial charge in [0.05, 0.1) is 12.7 Å². The fourth-order valence-electron chi connectivity index (χ4n) is 2.91. The van der Waals surface area contributed by atoms with Crippen LogP contribution in [0.1, 0.15) is 53.9 Å². The van der Waals surface area contributed by atoms with Crippen LogP contribution in [0, 0.1) is 11.3 Å². The first-order valence-corrected chi connectivity index (χ1v) is 6.72. The van der Waals surface area contributed by atoms with Crippen LogP contribution in [0.4, 0.5) is 0 Å². The molecular formula is C14H30O2. The SMILES string of the molecule is CCOC(C)C(COC)C(CC)(CC)CC. The summed E-state index contributed by atoms with van der Waals surface area (Å²) in [7, 11) is 1.79. The second kappa shape index (κ2) is 8.08. The molecule has 16 heavy (non-hydrogen) atoms. The Morgan fingerprint density at radius 3 is 1.81 bits per heavy atom. The third-order valence-electron chi connectivity index (χ3n) is 4.24. The largest absolute Gasteiger partial charge is 0.384 e. The third kappa shape index (κ3) is 3.74. The van der Waals surface area contributed by atoms with Gasteiger partial charge in [-0.15, -0.1) is 0 Å². The zero-order valence-corrected chi connectivity index (χ0v) is 12.0. The summed E-state index contributed by atoms with van der Waals surface area (Å²) < 4.78 is 11.2. The second-order valence-electron chi connectivity index (χ2n) is 4.65. The highest BCUT2D eigenvalue weighted by molar-refractivity contribution is 4.86. The second-order valence-corrected chi connectivity index (χ2v) is 4.65. The van der Waals surface area contributed by atoms with E-state index in [0.29, 0.717) is 11.3 Å². The van der Waals surface area contributed by atoms with Crippen molar-refractivity contribution in [3.8, 4) is 0 Å². The van der Waals surface area contributed by atoms with Gasteiger partial charge in [-0.05, 0) is 19.3 Å². The van der Waals surface area contributed by atoms with Gasteiger partial charge in [0.25, 0.3) is 0 Å². The minimum absolute atomic E-state index is 0.282. The Hall–Kier alpha value is -0.0800. The third-order valence-corrected chi connectivity index (χ3v) is 4.24.